The molecule has 6 nitrogen and oxygen atoms in total. The minimum absolute atomic E-state index is 0.0609. The molecule has 0 bridgehead atoms. The summed E-state index contributed by atoms with van der Waals surface area (Å²) < 4.78 is 16.9. The van der Waals surface area contributed by atoms with E-state index < -0.39 is 6.10 Å². The molecule has 1 atom stereocenters. The van der Waals surface area contributed by atoms with Gasteiger partial charge in [-0.25, -0.2) is 0 Å². The normalized spacial score (nSPS) is 11.9. The third-order valence-electron chi connectivity index (χ3n) is 14.6. The van der Waals surface area contributed by atoms with Gasteiger partial charge in [0.25, 0.3) is 0 Å². The van der Waals surface area contributed by atoms with Crippen LogP contribution in [0, 0.1) is 0 Å². The molecule has 0 rings (SSSR count). The lowest BCUT2D eigenvalue weighted by Gasteiger charge is -2.18. The van der Waals surface area contributed by atoms with Crippen molar-refractivity contribution >= 4 is 17.9 Å². The molecule has 1 unspecified atom stereocenters. The Balaban J connectivity index is 4.18. The maximum atomic E-state index is 12.8. The SMILES string of the molecule is CCCCCCCCCCCCCCCCCCCCCCCC(=O)OCC(COC(=O)CCCCCCCCCCCCCCCCCCCCC)OC(=O)CCCCCCCCCCCCC. The van der Waals surface area contributed by atoms with Gasteiger partial charge < -0.3 is 14.2 Å². The summed E-state index contributed by atoms with van der Waals surface area (Å²) in [5.41, 5.74) is 0. The number of carbonyl (C=O) groups is 3. The smallest absolute Gasteiger partial charge is 0.306 e. The zero-order chi connectivity index (χ0) is 50.0. The van der Waals surface area contributed by atoms with Crippen LogP contribution in [0.5, 0.6) is 0 Å². The van der Waals surface area contributed by atoms with Gasteiger partial charge in [0.15, 0.2) is 6.10 Å². The Bertz CT molecular complexity index is 1030. The Morgan fingerprint density at radius 2 is 0.391 bits per heavy atom. The summed E-state index contributed by atoms with van der Waals surface area (Å²) in [6, 6.07) is 0. The van der Waals surface area contributed by atoms with Gasteiger partial charge >= 0.3 is 17.9 Å². The van der Waals surface area contributed by atoms with Gasteiger partial charge in [0.05, 0.1) is 0 Å². The van der Waals surface area contributed by atoms with Crippen molar-refractivity contribution in [2.75, 3.05) is 13.2 Å². The quantitative estimate of drug-likeness (QED) is 0.0343. The molecule has 0 aliphatic carbocycles. The van der Waals surface area contributed by atoms with Crippen molar-refractivity contribution in [3.63, 3.8) is 0 Å². The van der Waals surface area contributed by atoms with Gasteiger partial charge in [-0.1, -0.05) is 329 Å². The van der Waals surface area contributed by atoms with E-state index in [0.29, 0.717) is 19.3 Å². The molecule has 0 heterocycles. The van der Waals surface area contributed by atoms with Gasteiger partial charge in [0, 0.05) is 19.3 Å². The van der Waals surface area contributed by atoms with Crippen LogP contribution in [0.25, 0.3) is 0 Å². The van der Waals surface area contributed by atoms with E-state index in [9.17, 15) is 14.4 Å². The zero-order valence-corrected chi connectivity index (χ0v) is 47.1. The van der Waals surface area contributed by atoms with E-state index in [4.69, 9.17) is 14.2 Å². The molecule has 0 aromatic heterocycles. The Morgan fingerprint density at radius 3 is 0.580 bits per heavy atom. The van der Waals surface area contributed by atoms with Crippen molar-refractivity contribution < 1.29 is 28.6 Å². The van der Waals surface area contributed by atoms with Gasteiger partial charge in [-0.2, -0.15) is 0 Å². The van der Waals surface area contributed by atoms with Gasteiger partial charge in [-0.15, -0.1) is 0 Å². The molecule has 0 amide bonds. The standard InChI is InChI=1S/C63H122O6/c1-4-7-10-13-16-19-22-24-26-28-30-31-33-35-37-39-42-44-47-50-53-56-62(65)68-59-60(69-63(66)57-54-51-48-45-40-21-18-15-12-9-6-3)58-67-61(64)55-52-49-46-43-41-38-36-34-32-29-27-25-23-20-17-14-11-8-5-2/h60H,4-59H2,1-3H3. The first-order valence-electron chi connectivity index (χ1n) is 31.5. The lowest BCUT2D eigenvalue weighted by atomic mass is 10.0. The predicted molar refractivity (Wildman–Crippen MR) is 298 cm³/mol. The van der Waals surface area contributed by atoms with Gasteiger partial charge in [-0.05, 0) is 19.3 Å². The second-order valence-corrected chi connectivity index (χ2v) is 21.7. The minimum atomic E-state index is -0.761. The molecule has 0 radical (unpaired) electrons. The number of hydrogen-bond acceptors (Lipinski definition) is 6. The van der Waals surface area contributed by atoms with E-state index in [-0.39, 0.29) is 31.1 Å². The first-order chi connectivity index (χ1) is 34.0. The van der Waals surface area contributed by atoms with Crippen LogP contribution in [0.2, 0.25) is 0 Å². The summed E-state index contributed by atoms with van der Waals surface area (Å²) in [6.07, 6.45) is 66.8. The monoisotopic (exact) mass is 975 g/mol. The average molecular weight is 976 g/mol. The molecule has 0 aromatic rings. The highest BCUT2D eigenvalue weighted by molar-refractivity contribution is 5.71. The fourth-order valence-corrected chi connectivity index (χ4v) is 9.86. The molecule has 0 saturated carbocycles. The number of ether oxygens (including phenoxy) is 3. The Labute approximate surface area is 431 Å². The Morgan fingerprint density at radius 1 is 0.232 bits per heavy atom. The van der Waals surface area contributed by atoms with E-state index in [1.54, 1.807) is 0 Å². The van der Waals surface area contributed by atoms with E-state index in [1.165, 1.54) is 270 Å². The zero-order valence-electron chi connectivity index (χ0n) is 47.1. The van der Waals surface area contributed by atoms with E-state index in [0.717, 1.165) is 57.8 Å². The summed E-state index contributed by atoms with van der Waals surface area (Å²) in [6.45, 7) is 6.72. The highest BCUT2D eigenvalue weighted by Crippen LogP contribution is 2.18. The van der Waals surface area contributed by atoms with Crippen LogP contribution in [0.15, 0.2) is 0 Å². The number of carbonyl (C=O) groups excluding carboxylic acids is 3. The second kappa shape index (κ2) is 59.0. The summed E-state index contributed by atoms with van der Waals surface area (Å²) in [5.74, 6) is -0.829. The second-order valence-electron chi connectivity index (χ2n) is 21.7. The maximum absolute atomic E-state index is 12.8. The molecule has 0 aliphatic heterocycles. The fourth-order valence-electron chi connectivity index (χ4n) is 9.86. The van der Waals surface area contributed by atoms with Crippen molar-refractivity contribution in [1.82, 2.24) is 0 Å². The van der Waals surface area contributed by atoms with Crippen LogP contribution in [0.1, 0.15) is 367 Å². The highest BCUT2D eigenvalue weighted by Gasteiger charge is 2.19. The molecule has 0 fully saturated rings. The molecule has 0 aliphatic rings. The van der Waals surface area contributed by atoms with E-state index in [1.807, 2.05) is 0 Å². The largest absolute Gasteiger partial charge is 0.462 e. The predicted octanol–water partition coefficient (Wildman–Crippen LogP) is 21.1. The molecule has 0 aromatic carbocycles. The summed E-state index contributed by atoms with van der Waals surface area (Å²) in [4.78, 5) is 38.2. The summed E-state index contributed by atoms with van der Waals surface area (Å²) in [7, 11) is 0. The van der Waals surface area contributed by atoms with Gasteiger partial charge in [0.1, 0.15) is 13.2 Å². The molecule has 69 heavy (non-hydrogen) atoms. The maximum Gasteiger partial charge on any atom is 0.306 e. The Kier molecular flexibility index (Phi) is 57.6. The van der Waals surface area contributed by atoms with Crippen LogP contribution < -0.4 is 0 Å². The lowest BCUT2D eigenvalue weighted by Crippen LogP contribution is -2.30. The van der Waals surface area contributed by atoms with E-state index in [2.05, 4.69) is 20.8 Å². The first kappa shape index (κ1) is 67.4. The van der Waals surface area contributed by atoms with Crippen molar-refractivity contribution in [1.29, 1.82) is 0 Å². The third kappa shape index (κ3) is 57.2. The molecular formula is C63H122O6. The highest BCUT2D eigenvalue weighted by atomic mass is 16.6. The molecular weight excluding hydrogens is 853 g/mol. The van der Waals surface area contributed by atoms with Crippen molar-refractivity contribution in [3.05, 3.63) is 0 Å². The molecule has 6 heteroatoms. The third-order valence-corrected chi connectivity index (χ3v) is 14.6. The molecule has 410 valence electrons. The summed E-state index contributed by atoms with van der Waals surface area (Å²) >= 11 is 0. The molecule has 0 spiro atoms. The average Bonchev–Trinajstić information content (AvgIpc) is 3.35. The minimum Gasteiger partial charge on any atom is -0.462 e. The van der Waals surface area contributed by atoms with Crippen molar-refractivity contribution in [3.8, 4) is 0 Å². The van der Waals surface area contributed by atoms with Crippen molar-refractivity contribution in [2.24, 2.45) is 0 Å². The lowest BCUT2D eigenvalue weighted by molar-refractivity contribution is -0.167. The van der Waals surface area contributed by atoms with Crippen LogP contribution in [-0.4, -0.2) is 37.2 Å². The van der Waals surface area contributed by atoms with Crippen LogP contribution in [0.3, 0.4) is 0 Å². The summed E-state index contributed by atoms with van der Waals surface area (Å²) in [5, 5.41) is 0. The topological polar surface area (TPSA) is 78.9 Å². The number of unbranched alkanes of at least 4 members (excludes halogenated alkanes) is 48. The van der Waals surface area contributed by atoms with Gasteiger partial charge in [-0.3, -0.25) is 14.4 Å². The fraction of sp³-hybridized carbons (Fsp3) is 0.952. The number of hydrogen-bond donors (Lipinski definition) is 0. The van der Waals surface area contributed by atoms with Crippen molar-refractivity contribution in [2.45, 2.75) is 374 Å². The first-order valence-corrected chi connectivity index (χ1v) is 31.5. The Hall–Kier alpha value is -1.59. The van der Waals surface area contributed by atoms with Gasteiger partial charge in [0.2, 0.25) is 0 Å². The van der Waals surface area contributed by atoms with Crippen LogP contribution >= 0.6 is 0 Å². The molecule has 0 saturated heterocycles. The van der Waals surface area contributed by atoms with Crippen LogP contribution in [0.4, 0.5) is 0 Å². The van der Waals surface area contributed by atoms with Crippen LogP contribution in [-0.2, 0) is 28.6 Å². The molecule has 0 N–H and O–H groups in total. The number of esters is 3. The van der Waals surface area contributed by atoms with E-state index >= 15 is 0 Å². The number of rotatable bonds is 59.